The van der Waals surface area contributed by atoms with Crippen molar-refractivity contribution in [2.45, 2.75) is 239 Å². The van der Waals surface area contributed by atoms with Crippen molar-refractivity contribution >= 4 is 12.1 Å². The largest absolute Gasteiger partial charge is 0.466 e. The highest BCUT2D eigenvalue weighted by molar-refractivity contribution is 5.69. The first-order valence-electron chi connectivity index (χ1n) is 23.0. The van der Waals surface area contributed by atoms with Crippen molar-refractivity contribution in [1.82, 2.24) is 10.2 Å². The minimum Gasteiger partial charge on any atom is -0.466 e. The van der Waals surface area contributed by atoms with Crippen LogP contribution in [0.1, 0.15) is 233 Å². The van der Waals surface area contributed by atoms with Gasteiger partial charge in [0, 0.05) is 19.5 Å². The zero-order valence-electron chi connectivity index (χ0n) is 35.2. The molecule has 7 heteroatoms. The van der Waals surface area contributed by atoms with Crippen LogP contribution in [-0.2, 0) is 14.3 Å². The molecule has 0 aromatic heterocycles. The second kappa shape index (κ2) is 42.4. The summed E-state index contributed by atoms with van der Waals surface area (Å²) in [5.74, 6) is -0.0298. The molecule has 0 bridgehead atoms. The van der Waals surface area contributed by atoms with Crippen molar-refractivity contribution in [3.8, 4) is 0 Å². The average Bonchev–Trinajstić information content (AvgIpc) is 3.14. The van der Waals surface area contributed by atoms with Gasteiger partial charge in [-0.05, 0) is 70.9 Å². The van der Waals surface area contributed by atoms with E-state index in [-0.39, 0.29) is 24.8 Å². The van der Waals surface area contributed by atoms with Gasteiger partial charge in [-0.25, -0.2) is 4.79 Å². The quantitative estimate of drug-likeness (QED) is 0.0479. The van der Waals surface area contributed by atoms with E-state index in [0.717, 1.165) is 90.3 Å². The van der Waals surface area contributed by atoms with Crippen molar-refractivity contribution in [3.05, 3.63) is 0 Å². The monoisotopic (exact) mass is 739 g/mol. The van der Waals surface area contributed by atoms with Crippen LogP contribution in [-0.4, -0.2) is 67.6 Å². The Labute approximate surface area is 323 Å². The molecule has 0 atom stereocenters. The third-order valence-electron chi connectivity index (χ3n) is 10.5. The molecule has 0 spiro atoms. The van der Waals surface area contributed by atoms with Gasteiger partial charge in [0.05, 0.1) is 13.2 Å². The molecule has 0 aromatic carbocycles. The van der Waals surface area contributed by atoms with Crippen molar-refractivity contribution in [3.63, 3.8) is 0 Å². The molecule has 0 rings (SSSR count). The molecule has 0 fully saturated rings. The maximum Gasteiger partial charge on any atom is 0.407 e. The van der Waals surface area contributed by atoms with Crippen LogP contribution in [0.15, 0.2) is 0 Å². The van der Waals surface area contributed by atoms with Gasteiger partial charge in [0.15, 0.2) is 0 Å². The maximum atomic E-state index is 12.6. The lowest BCUT2D eigenvalue weighted by molar-refractivity contribution is -0.143. The summed E-state index contributed by atoms with van der Waals surface area (Å²) in [5.41, 5.74) is 0. The van der Waals surface area contributed by atoms with Gasteiger partial charge < -0.3 is 24.8 Å². The van der Waals surface area contributed by atoms with Gasteiger partial charge in [0.25, 0.3) is 0 Å². The second-order valence-corrected chi connectivity index (χ2v) is 15.6. The molecule has 310 valence electrons. The summed E-state index contributed by atoms with van der Waals surface area (Å²) in [6.45, 7) is 11.1. The highest BCUT2D eigenvalue weighted by Crippen LogP contribution is 2.17. The second-order valence-electron chi connectivity index (χ2n) is 15.6. The lowest BCUT2D eigenvalue weighted by atomic mass is 10.0. The van der Waals surface area contributed by atoms with Crippen molar-refractivity contribution < 1.29 is 24.2 Å². The number of unbranched alkanes of at least 4 members (excludes halogenated alkanes) is 25. The smallest absolute Gasteiger partial charge is 0.407 e. The fourth-order valence-electron chi connectivity index (χ4n) is 7.05. The fourth-order valence-corrected chi connectivity index (χ4v) is 7.05. The van der Waals surface area contributed by atoms with E-state index in [1.165, 1.54) is 135 Å². The normalized spacial score (nSPS) is 11.5. The summed E-state index contributed by atoms with van der Waals surface area (Å²) in [4.78, 5) is 26.9. The van der Waals surface area contributed by atoms with Crippen LogP contribution in [0, 0.1) is 0 Å². The number of hydrogen-bond acceptors (Lipinski definition) is 6. The fraction of sp³-hybridized carbons (Fsp3) is 0.956. The molecule has 0 aromatic rings. The number of ether oxygens (including phenoxy) is 2. The predicted molar refractivity (Wildman–Crippen MR) is 222 cm³/mol. The zero-order chi connectivity index (χ0) is 38.0. The van der Waals surface area contributed by atoms with E-state index in [4.69, 9.17) is 9.47 Å². The molecule has 52 heavy (non-hydrogen) atoms. The maximum absolute atomic E-state index is 12.6. The number of amides is 1. The first-order valence-corrected chi connectivity index (χ1v) is 23.0. The topological polar surface area (TPSA) is 88.1 Å². The number of carbonyl (C=O) groups is 2. The summed E-state index contributed by atoms with van der Waals surface area (Å²) in [7, 11) is 0. The zero-order valence-corrected chi connectivity index (χ0v) is 35.2. The number of nitrogens with zero attached hydrogens (tertiary/aromatic N) is 1. The summed E-state index contributed by atoms with van der Waals surface area (Å²) >= 11 is 0. The Morgan fingerprint density at radius 2 is 0.942 bits per heavy atom. The Hall–Kier alpha value is -1.34. The van der Waals surface area contributed by atoms with Gasteiger partial charge in [-0.1, -0.05) is 168 Å². The van der Waals surface area contributed by atoms with Gasteiger partial charge in [-0.15, -0.1) is 0 Å². The highest BCUT2D eigenvalue weighted by atomic mass is 16.6. The Morgan fingerprint density at radius 3 is 1.44 bits per heavy atom. The van der Waals surface area contributed by atoms with E-state index in [0.29, 0.717) is 19.6 Å². The lowest BCUT2D eigenvalue weighted by Gasteiger charge is -2.21. The summed E-state index contributed by atoms with van der Waals surface area (Å²) < 4.78 is 11.3. The molecule has 0 saturated carbocycles. The minimum absolute atomic E-state index is 0.0298. The molecule has 2 N–H and O–H groups in total. The van der Waals surface area contributed by atoms with Gasteiger partial charge in [-0.3, -0.25) is 4.79 Å². The number of esters is 1. The van der Waals surface area contributed by atoms with E-state index in [9.17, 15) is 14.7 Å². The van der Waals surface area contributed by atoms with Crippen LogP contribution in [0.5, 0.6) is 0 Å². The Bertz CT molecular complexity index is 721. The van der Waals surface area contributed by atoms with Crippen molar-refractivity contribution in [2.75, 3.05) is 39.4 Å². The van der Waals surface area contributed by atoms with Gasteiger partial charge >= 0.3 is 12.1 Å². The Morgan fingerprint density at radius 1 is 0.519 bits per heavy atom. The summed E-state index contributed by atoms with van der Waals surface area (Å²) in [6, 6.07) is 0. The molecule has 0 saturated heterocycles. The van der Waals surface area contributed by atoms with E-state index in [2.05, 4.69) is 31.0 Å². The Kier molecular flexibility index (Phi) is 41.3. The van der Waals surface area contributed by atoms with Gasteiger partial charge in [0.2, 0.25) is 0 Å². The van der Waals surface area contributed by atoms with Crippen LogP contribution >= 0.6 is 0 Å². The lowest BCUT2D eigenvalue weighted by Crippen LogP contribution is -2.30. The molecule has 0 radical (unpaired) electrons. The minimum atomic E-state index is -0.222. The van der Waals surface area contributed by atoms with E-state index in [1.807, 2.05) is 0 Å². The van der Waals surface area contributed by atoms with E-state index >= 15 is 0 Å². The summed E-state index contributed by atoms with van der Waals surface area (Å²) in [5, 5.41) is 12.6. The molecule has 7 nitrogen and oxygen atoms in total. The first-order chi connectivity index (χ1) is 25.6. The van der Waals surface area contributed by atoms with Crippen LogP contribution in [0.4, 0.5) is 4.79 Å². The average molecular weight is 739 g/mol. The van der Waals surface area contributed by atoms with Gasteiger partial charge in [0.1, 0.15) is 6.10 Å². The van der Waals surface area contributed by atoms with Crippen LogP contribution in [0.25, 0.3) is 0 Å². The molecule has 0 heterocycles. The highest BCUT2D eigenvalue weighted by Gasteiger charge is 2.14. The predicted octanol–water partition coefficient (Wildman–Crippen LogP) is 12.9. The molecular weight excluding hydrogens is 649 g/mol. The molecule has 1 amide bonds. The van der Waals surface area contributed by atoms with E-state index < -0.39 is 0 Å². The molecular formula is C45H90N2O5. The van der Waals surface area contributed by atoms with Gasteiger partial charge in [-0.2, -0.15) is 0 Å². The number of hydrogen-bond donors (Lipinski definition) is 2. The van der Waals surface area contributed by atoms with Crippen LogP contribution < -0.4 is 5.32 Å². The number of rotatable bonds is 42. The third kappa shape index (κ3) is 38.4. The number of carbonyl (C=O) groups excluding carboxylic acids is 2. The third-order valence-corrected chi connectivity index (χ3v) is 10.5. The first kappa shape index (κ1) is 50.7. The number of aliphatic hydroxyl groups excluding tert-OH is 1. The molecule has 0 aliphatic rings. The Balaban J connectivity index is 3.88. The standard InChI is InChI=1S/C45H90N2O5/c1-4-7-10-13-18-26-33-42-51-44(49)36-29-22-19-25-32-39-47(40-41-48)38-31-24-17-16-23-30-37-46-45(50)52-43(34-27-20-14-11-8-5-2)35-28-21-15-12-9-6-3/h43,48H,4-42H2,1-3H3,(H,46,50). The van der Waals surface area contributed by atoms with Crippen LogP contribution in [0.2, 0.25) is 0 Å². The number of aliphatic hydroxyl groups is 1. The van der Waals surface area contributed by atoms with E-state index in [1.54, 1.807) is 0 Å². The molecule has 0 unspecified atom stereocenters. The number of nitrogens with one attached hydrogen (secondary N) is 1. The number of alkyl carbamates (subject to hydrolysis) is 1. The SMILES string of the molecule is CCCCCCCCCOC(=O)CCCCCCCN(CCO)CCCCCCCCNC(=O)OC(CCCCCCCC)CCCCCCCC. The van der Waals surface area contributed by atoms with Crippen molar-refractivity contribution in [1.29, 1.82) is 0 Å². The van der Waals surface area contributed by atoms with Crippen molar-refractivity contribution in [2.24, 2.45) is 0 Å². The molecule has 0 aliphatic carbocycles. The summed E-state index contributed by atoms with van der Waals surface area (Å²) in [6.07, 6.45) is 38.8. The van der Waals surface area contributed by atoms with Crippen LogP contribution in [0.3, 0.4) is 0 Å². The molecule has 0 aliphatic heterocycles.